The Kier molecular flexibility index (Phi) is 3.82. The van der Waals surface area contributed by atoms with Crippen molar-refractivity contribution >= 4 is 39.8 Å². The molecule has 0 aliphatic carbocycles. The highest BCUT2D eigenvalue weighted by Gasteiger charge is 2.15. The second-order valence-corrected chi connectivity index (χ2v) is 4.93. The lowest BCUT2D eigenvalue weighted by atomic mass is 10.2. The van der Waals surface area contributed by atoms with E-state index in [2.05, 4.69) is 5.32 Å². The number of halogens is 2. The van der Waals surface area contributed by atoms with Crippen molar-refractivity contribution < 1.29 is 14.0 Å². The van der Waals surface area contributed by atoms with Gasteiger partial charge in [0.25, 0.3) is 11.8 Å². The summed E-state index contributed by atoms with van der Waals surface area (Å²) in [6, 6.07) is 4.95. The van der Waals surface area contributed by atoms with Gasteiger partial charge in [0.2, 0.25) is 0 Å². The molecule has 4 nitrogen and oxygen atoms in total. The summed E-state index contributed by atoms with van der Waals surface area (Å²) in [5.74, 6) is -1.70. The van der Waals surface area contributed by atoms with Crippen LogP contribution in [0.25, 0.3) is 0 Å². The number of primary amides is 1. The van der Waals surface area contributed by atoms with Crippen molar-refractivity contribution in [3.8, 4) is 0 Å². The number of hydrogen-bond donors (Lipinski definition) is 2. The van der Waals surface area contributed by atoms with E-state index in [1.54, 1.807) is 5.38 Å². The molecule has 0 atom stereocenters. The number of carbonyl (C=O) groups excluding carboxylic acids is 2. The Morgan fingerprint density at radius 3 is 2.63 bits per heavy atom. The first-order valence-electron chi connectivity index (χ1n) is 5.12. The van der Waals surface area contributed by atoms with E-state index >= 15 is 0 Å². The zero-order chi connectivity index (χ0) is 14.0. The quantitative estimate of drug-likeness (QED) is 0.914. The van der Waals surface area contributed by atoms with Crippen LogP contribution in [0.2, 0.25) is 5.02 Å². The van der Waals surface area contributed by atoms with Gasteiger partial charge in [0.05, 0.1) is 16.1 Å². The van der Waals surface area contributed by atoms with E-state index in [-0.39, 0.29) is 16.1 Å². The van der Waals surface area contributed by atoms with Crippen molar-refractivity contribution in [2.75, 3.05) is 5.32 Å². The number of benzene rings is 1. The monoisotopic (exact) mass is 298 g/mol. The molecule has 2 rings (SSSR count). The predicted octanol–water partition coefficient (Wildman–Crippen LogP) is 2.89. The molecule has 0 radical (unpaired) electrons. The number of thiophene rings is 1. The van der Waals surface area contributed by atoms with Crippen LogP contribution < -0.4 is 11.1 Å². The topological polar surface area (TPSA) is 72.2 Å². The van der Waals surface area contributed by atoms with E-state index in [9.17, 15) is 14.0 Å². The fraction of sp³-hybridized carbons (Fsp3) is 0. The summed E-state index contributed by atoms with van der Waals surface area (Å²) in [6.45, 7) is 0. The highest BCUT2D eigenvalue weighted by molar-refractivity contribution is 7.14. The van der Waals surface area contributed by atoms with Crippen molar-refractivity contribution in [1.29, 1.82) is 0 Å². The Morgan fingerprint density at radius 1 is 1.26 bits per heavy atom. The standard InChI is InChI=1S/C12H8ClFN2O2S/c13-9-5-6(14)1-2-7(9)11(18)16-12-8(10(15)17)3-4-19-12/h1-5H,(H2,15,17)(H,16,18). The number of rotatable bonds is 3. The van der Waals surface area contributed by atoms with E-state index in [0.29, 0.717) is 5.00 Å². The molecule has 0 aliphatic heterocycles. The average molecular weight is 299 g/mol. The lowest BCUT2D eigenvalue weighted by Gasteiger charge is -2.06. The summed E-state index contributed by atoms with van der Waals surface area (Å²) in [6.07, 6.45) is 0. The van der Waals surface area contributed by atoms with E-state index < -0.39 is 17.6 Å². The van der Waals surface area contributed by atoms with Crippen LogP contribution in [0.15, 0.2) is 29.6 Å². The third-order valence-electron chi connectivity index (χ3n) is 2.33. The molecule has 0 spiro atoms. The Morgan fingerprint density at radius 2 is 2.00 bits per heavy atom. The minimum absolute atomic E-state index is 0.00492. The van der Waals surface area contributed by atoms with Gasteiger partial charge in [-0.25, -0.2) is 4.39 Å². The Bertz CT molecular complexity index is 657. The third kappa shape index (κ3) is 2.91. The summed E-state index contributed by atoms with van der Waals surface area (Å²) in [7, 11) is 0. The van der Waals surface area contributed by atoms with Crippen LogP contribution in [0, 0.1) is 5.82 Å². The van der Waals surface area contributed by atoms with E-state index in [1.165, 1.54) is 12.1 Å². The molecule has 2 aromatic rings. The minimum atomic E-state index is -0.637. The van der Waals surface area contributed by atoms with Gasteiger partial charge in [-0.3, -0.25) is 9.59 Å². The lowest BCUT2D eigenvalue weighted by molar-refractivity contribution is 0.100. The molecule has 19 heavy (non-hydrogen) atoms. The molecule has 3 N–H and O–H groups in total. The normalized spacial score (nSPS) is 10.2. The van der Waals surface area contributed by atoms with E-state index in [1.807, 2.05) is 0 Å². The van der Waals surface area contributed by atoms with Gasteiger partial charge in [-0.1, -0.05) is 11.6 Å². The van der Waals surface area contributed by atoms with Gasteiger partial charge in [0.15, 0.2) is 0 Å². The summed E-state index contributed by atoms with van der Waals surface area (Å²) in [4.78, 5) is 23.1. The largest absolute Gasteiger partial charge is 0.366 e. The second kappa shape index (κ2) is 5.38. The highest BCUT2D eigenvalue weighted by atomic mass is 35.5. The van der Waals surface area contributed by atoms with Crippen LogP contribution in [0.4, 0.5) is 9.39 Å². The van der Waals surface area contributed by atoms with Crippen molar-refractivity contribution in [3.05, 3.63) is 51.6 Å². The van der Waals surface area contributed by atoms with Crippen LogP contribution in [0.1, 0.15) is 20.7 Å². The molecule has 0 saturated heterocycles. The van der Waals surface area contributed by atoms with Gasteiger partial charge in [-0.15, -0.1) is 11.3 Å². The first kappa shape index (κ1) is 13.5. The number of hydrogen-bond acceptors (Lipinski definition) is 3. The summed E-state index contributed by atoms with van der Waals surface area (Å²) < 4.78 is 12.9. The van der Waals surface area contributed by atoms with Crippen LogP contribution in [0.5, 0.6) is 0 Å². The number of amides is 2. The van der Waals surface area contributed by atoms with Crippen LogP contribution in [-0.4, -0.2) is 11.8 Å². The minimum Gasteiger partial charge on any atom is -0.366 e. The molecule has 0 fully saturated rings. The number of nitrogens with one attached hydrogen (secondary N) is 1. The Hall–Kier alpha value is -1.92. The first-order chi connectivity index (χ1) is 8.99. The molecule has 1 heterocycles. The molecule has 0 saturated carbocycles. The van der Waals surface area contributed by atoms with Gasteiger partial charge in [0, 0.05) is 0 Å². The zero-order valence-corrected chi connectivity index (χ0v) is 11.0. The predicted molar refractivity (Wildman–Crippen MR) is 72.2 cm³/mol. The Balaban J connectivity index is 2.26. The fourth-order valence-corrected chi connectivity index (χ4v) is 2.48. The zero-order valence-electron chi connectivity index (χ0n) is 9.44. The molecule has 0 unspecified atom stereocenters. The third-order valence-corrected chi connectivity index (χ3v) is 3.48. The number of nitrogens with two attached hydrogens (primary N) is 1. The van der Waals surface area contributed by atoms with Crippen molar-refractivity contribution in [3.63, 3.8) is 0 Å². The van der Waals surface area contributed by atoms with Crippen LogP contribution in [-0.2, 0) is 0 Å². The average Bonchev–Trinajstić information content (AvgIpc) is 2.76. The van der Waals surface area contributed by atoms with E-state index in [0.717, 1.165) is 23.5 Å². The van der Waals surface area contributed by atoms with E-state index in [4.69, 9.17) is 17.3 Å². The maximum absolute atomic E-state index is 12.9. The molecule has 0 aliphatic rings. The van der Waals surface area contributed by atoms with Gasteiger partial charge < -0.3 is 11.1 Å². The van der Waals surface area contributed by atoms with Gasteiger partial charge in [0.1, 0.15) is 10.8 Å². The summed E-state index contributed by atoms with van der Waals surface area (Å²) >= 11 is 6.94. The van der Waals surface area contributed by atoms with Gasteiger partial charge in [-0.2, -0.15) is 0 Å². The lowest BCUT2D eigenvalue weighted by Crippen LogP contribution is -2.16. The molecule has 0 bridgehead atoms. The molecule has 1 aromatic heterocycles. The smallest absolute Gasteiger partial charge is 0.257 e. The van der Waals surface area contributed by atoms with Crippen LogP contribution >= 0.6 is 22.9 Å². The first-order valence-corrected chi connectivity index (χ1v) is 6.38. The summed E-state index contributed by atoms with van der Waals surface area (Å²) in [5.41, 5.74) is 5.50. The highest BCUT2D eigenvalue weighted by Crippen LogP contribution is 2.25. The van der Waals surface area contributed by atoms with Gasteiger partial charge >= 0.3 is 0 Å². The maximum Gasteiger partial charge on any atom is 0.257 e. The molecule has 7 heteroatoms. The Labute approximate surface area is 117 Å². The van der Waals surface area contributed by atoms with Crippen molar-refractivity contribution in [1.82, 2.24) is 0 Å². The van der Waals surface area contributed by atoms with Crippen molar-refractivity contribution in [2.45, 2.75) is 0 Å². The maximum atomic E-state index is 12.9. The second-order valence-electron chi connectivity index (χ2n) is 3.61. The molecule has 98 valence electrons. The van der Waals surface area contributed by atoms with Crippen molar-refractivity contribution in [2.24, 2.45) is 5.73 Å². The number of anilines is 1. The molecule has 1 aromatic carbocycles. The molecular formula is C12H8ClFN2O2S. The summed E-state index contributed by atoms with van der Waals surface area (Å²) in [5, 5.41) is 4.47. The molecule has 2 amide bonds. The van der Waals surface area contributed by atoms with Crippen LogP contribution in [0.3, 0.4) is 0 Å². The van der Waals surface area contributed by atoms with Gasteiger partial charge in [-0.05, 0) is 29.6 Å². The molecular weight excluding hydrogens is 291 g/mol. The SMILES string of the molecule is NC(=O)c1ccsc1NC(=O)c1ccc(F)cc1Cl. The fourth-order valence-electron chi connectivity index (χ4n) is 1.44. The number of carbonyl (C=O) groups is 2.